The van der Waals surface area contributed by atoms with Crippen molar-refractivity contribution in [2.75, 3.05) is 20.1 Å². The van der Waals surface area contributed by atoms with Gasteiger partial charge in [0.05, 0.1) is 0 Å². The molecule has 116 valence electrons. The molecule has 0 fully saturated rings. The quantitative estimate of drug-likeness (QED) is 0.635. The fraction of sp³-hybridized carbons (Fsp3) is 0.333. The molecule has 0 bridgehead atoms. The molecule has 0 atom stereocenters. The Labute approximate surface area is 132 Å². The number of benzene rings is 1. The number of aromatic nitrogens is 1. The van der Waals surface area contributed by atoms with Crippen LogP contribution in [-0.4, -0.2) is 31.1 Å². The van der Waals surface area contributed by atoms with Crippen LogP contribution in [0.25, 0.3) is 0 Å². The predicted octanol–water partition coefficient (Wildman–Crippen LogP) is 2.34. The zero-order valence-corrected chi connectivity index (χ0v) is 13.3. The molecule has 0 saturated heterocycles. The zero-order chi connectivity index (χ0) is 15.6. The summed E-state index contributed by atoms with van der Waals surface area (Å²) in [7, 11) is 1.80. The van der Waals surface area contributed by atoms with E-state index in [1.165, 1.54) is 16.7 Å². The van der Waals surface area contributed by atoms with Gasteiger partial charge in [0.1, 0.15) is 0 Å². The molecule has 1 heterocycles. The van der Waals surface area contributed by atoms with Gasteiger partial charge in [-0.2, -0.15) is 0 Å². The largest absolute Gasteiger partial charge is 0.356 e. The van der Waals surface area contributed by atoms with Crippen LogP contribution in [0.4, 0.5) is 0 Å². The highest BCUT2D eigenvalue weighted by Crippen LogP contribution is 2.04. The summed E-state index contributed by atoms with van der Waals surface area (Å²) in [4.78, 5) is 8.37. The molecule has 0 radical (unpaired) electrons. The van der Waals surface area contributed by atoms with Crippen LogP contribution < -0.4 is 10.6 Å². The van der Waals surface area contributed by atoms with Gasteiger partial charge in [-0.25, -0.2) is 0 Å². The fourth-order valence-electron chi connectivity index (χ4n) is 2.29. The van der Waals surface area contributed by atoms with E-state index in [2.05, 4.69) is 57.9 Å². The summed E-state index contributed by atoms with van der Waals surface area (Å²) in [5, 5.41) is 6.70. The minimum Gasteiger partial charge on any atom is -0.356 e. The Morgan fingerprint density at radius 1 is 1.05 bits per heavy atom. The number of nitrogens with one attached hydrogen (secondary N) is 2. The molecule has 0 aliphatic rings. The van der Waals surface area contributed by atoms with Crippen molar-refractivity contribution < 1.29 is 0 Å². The van der Waals surface area contributed by atoms with Gasteiger partial charge in [0, 0.05) is 32.5 Å². The Kier molecular flexibility index (Phi) is 6.42. The number of guanidine groups is 1. The summed E-state index contributed by atoms with van der Waals surface area (Å²) in [6, 6.07) is 12.5. The summed E-state index contributed by atoms with van der Waals surface area (Å²) >= 11 is 0. The van der Waals surface area contributed by atoms with Crippen LogP contribution in [0.1, 0.15) is 16.7 Å². The van der Waals surface area contributed by atoms with Gasteiger partial charge in [0.25, 0.3) is 0 Å². The Balaban J connectivity index is 1.70. The van der Waals surface area contributed by atoms with Crippen molar-refractivity contribution in [3.63, 3.8) is 0 Å². The number of aryl methyl sites for hydroxylation is 1. The first kappa shape index (κ1) is 16.0. The van der Waals surface area contributed by atoms with E-state index < -0.39 is 0 Å². The summed E-state index contributed by atoms with van der Waals surface area (Å²) in [5.74, 6) is 0.850. The van der Waals surface area contributed by atoms with Crippen molar-refractivity contribution in [2.24, 2.45) is 4.99 Å². The van der Waals surface area contributed by atoms with Crippen LogP contribution in [0.2, 0.25) is 0 Å². The average molecular weight is 296 g/mol. The van der Waals surface area contributed by atoms with Crippen molar-refractivity contribution in [2.45, 2.75) is 19.8 Å². The molecule has 0 aliphatic heterocycles. The topological polar surface area (TPSA) is 49.3 Å². The van der Waals surface area contributed by atoms with Crippen molar-refractivity contribution in [1.82, 2.24) is 15.6 Å². The van der Waals surface area contributed by atoms with Gasteiger partial charge in [-0.1, -0.05) is 30.3 Å². The Morgan fingerprint density at radius 2 is 1.77 bits per heavy atom. The number of nitrogens with zero attached hydrogens (tertiary/aromatic N) is 2. The summed E-state index contributed by atoms with van der Waals surface area (Å²) in [6.07, 6.45) is 5.70. The van der Waals surface area contributed by atoms with E-state index in [1.807, 2.05) is 18.5 Å². The molecule has 0 amide bonds. The first-order chi connectivity index (χ1) is 10.8. The third kappa shape index (κ3) is 5.20. The molecule has 2 rings (SSSR count). The lowest BCUT2D eigenvalue weighted by Gasteiger charge is -2.12. The minimum absolute atomic E-state index is 0.850. The van der Waals surface area contributed by atoms with Gasteiger partial charge in [-0.05, 0) is 42.5 Å². The van der Waals surface area contributed by atoms with E-state index in [-0.39, 0.29) is 0 Å². The fourth-order valence-corrected chi connectivity index (χ4v) is 2.29. The van der Waals surface area contributed by atoms with E-state index in [9.17, 15) is 0 Å². The summed E-state index contributed by atoms with van der Waals surface area (Å²) in [6.45, 7) is 3.82. The highest BCUT2D eigenvalue weighted by atomic mass is 15.2. The number of hydrogen-bond acceptors (Lipinski definition) is 2. The first-order valence-corrected chi connectivity index (χ1v) is 7.67. The maximum Gasteiger partial charge on any atom is 0.190 e. The molecule has 2 aromatic rings. The average Bonchev–Trinajstić information content (AvgIpc) is 2.56. The maximum absolute atomic E-state index is 4.25. The monoisotopic (exact) mass is 296 g/mol. The van der Waals surface area contributed by atoms with Crippen LogP contribution in [0.5, 0.6) is 0 Å². The Morgan fingerprint density at radius 3 is 2.45 bits per heavy atom. The van der Waals surface area contributed by atoms with Gasteiger partial charge >= 0.3 is 0 Å². The maximum atomic E-state index is 4.25. The van der Waals surface area contributed by atoms with Gasteiger partial charge in [0.15, 0.2) is 5.96 Å². The van der Waals surface area contributed by atoms with Crippen LogP contribution >= 0.6 is 0 Å². The Bertz CT molecular complexity index is 593. The molecule has 4 heteroatoms. The standard InChI is InChI=1S/C18H24N4/c1-15-14-20-11-9-17(15)10-13-22-18(19-2)21-12-8-16-6-4-3-5-7-16/h3-7,9,11,14H,8,10,12-13H2,1-2H3,(H2,19,21,22). The lowest BCUT2D eigenvalue weighted by atomic mass is 10.1. The number of pyridine rings is 1. The van der Waals surface area contributed by atoms with Crippen molar-refractivity contribution in [3.8, 4) is 0 Å². The van der Waals surface area contributed by atoms with E-state index >= 15 is 0 Å². The van der Waals surface area contributed by atoms with E-state index in [1.54, 1.807) is 7.05 Å². The third-order valence-electron chi connectivity index (χ3n) is 3.60. The molecule has 2 N–H and O–H groups in total. The molecule has 0 spiro atoms. The molecule has 0 unspecified atom stereocenters. The highest BCUT2D eigenvalue weighted by Gasteiger charge is 2.00. The number of hydrogen-bond donors (Lipinski definition) is 2. The van der Waals surface area contributed by atoms with Crippen molar-refractivity contribution in [3.05, 3.63) is 65.5 Å². The second-order valence-electron chi connectivity index (χ2n) is 5.21. The van der Waals surface area contributed by atoms with Crippen LogP contribution in [-0.2, 0) is 12.8 Å². The number of aliphatic imine (C=N–C) groups is 1. The minimum atomic E-state index is 0.850. The van der Waals surface area contributed by atoms with Crippen LogP contribution in [0.3, 0.4) is 0 Å². The lowest BCUT2D eigenvalue weighted by molar-refractivity contribution is 0.782. The van der Waals surface area contributed by atoms with Gasteiger partial charge in [-0.15, -0.1) is 0 Å². The van der Waals surface area contributed by atoms with Crippen molar-refractivity contribution >= 4 is 5.96 Å². The van der Waals surface area contributed by atoms with Crippen LogP contribution in [0.15, 0.2) is 53.8 Å². The molecule has 22 heavy (non-hydrogen) atoms. The molecule has 1 aromatic carbocycles. The van der Waals surface area contributed by atoms with E-state index in [0.717, 1.165) is 31.9 Å². The third-order valence-corrected chi connectivity index (χ3v) is 3.60. The van der Waals surface area contributed by atoms with Gasteiger partial charge in [0.2, 0.25) is 0 Å². The molecule has 0 aliphatic carbocycles. The molecule has 4 nitrogen and oxygen atoms in total. The van der Waals surface area contributed by atoms with Gasteiger partial charge < -0.3 is 10.6 Å². The Hall–Kier alpha value is -2.36. The van der Waals surface area contributed by atoms with E-state index in [0.29, 0.717) is 0 Å². The van der Waals surface area contributed by atoms with Gasteiger partial charge in [-0.3, -0.25) is 9.98 Å². The second kappa shape index (κ2) is 8.82. The lowest BCUT2D eigenvalue weighted by Crippen LogP contribution is -2.39. The molecule has 1 aromatic heterocycles. The SMILES string of the molecule is CN=C(NCCc1ccccc1)NCCc1ccncc1C. The molecular formula is C18H24N4. The van der Waals surface area contributed by atoms with E-state index in [4.69, 9.17) is 0 Å². The normalized spacial score (nSPS) is 11.3. The smallest absolute Gasteiger partial charge is 0.190 e. The zero-order valence-electron chi connectivity index (χ0n) is 13.3. The number of rotatable bonds is 6. The second-order valence-corrected chi connectivity index (χ2v) is 5.21. The highest BCUT2D eigenvalue weighted by molar-refractivity contribution is 5.79. The first-order valence-electron chi connectivity index (χ1n) is 7.67. The molecular weight excluding hydrogens is 272 g/mol. The predicted molar refractivity (Wildman–Crippen MR) is 92.2 cm³/mol. The van der Waals surface area contributed by atoms with Crippen molar-refractivity contribution in [1.29, 1.82) is 0 Å². The molecule has 0 saturated carbocycles. The van der Waals surface area contributed by atoms with Crippen LogP contribution in [0, 0.1) is 6.92 Å². The summed E-state index contributed by atoms with van der Waals surface area (Å²) in [5.41, 5.74) is 3.89. The summed E-state index contributed by atoms with van der Waals surface area (Å²) < 4.78 is 0.